The number of carbonyl (C=O) groups excluding carboxylic acids is 5. The number of imide groups is 1. The molecule has 30 heavy (non-hydrogen) atoms. The van der Waals surface area contributed by atoms with Crippen molar-refractivity contribution in [1.82, 2.24) is 15.5 Å². The molecule has 0 saturated carbocycles. The summed E-state index contributed by atoms with van der Waals surface area (Å²) in [4.78, 5) is 61.6. The molecule has 2 N–H and O–H groups in total. The number of nitrogens with zero attached hydrogens (tertiary/aromatic N) is 1. The molecule has 4 amide bonds. The molecule has 3 atom stereocenters. The van der Waals surface area contributed by atoms with Gasteiger partial charge in [0.2, 0.25) is 23.6 Å². The zero-order valence-electron chi connectivity index (χ0n) is 19.1. The van der Waals surface area contributed by atoms with Crippen LogP contribution in [0.3, 0.4) is 0 Å². The molecule has 1 saturated heterocycles. The van der Waals surface area contributed by atoms with Gasteiger partial charge in [-0.25, -0.2) is 0 Å². The molecule has 8 heteroatoms. The summed E-state index contributed by atoms with van der Waals surface area (Å²) in [5.74, 6) is -1.12. The zero-order valence-corrected chi connectivity index (χ0v) is 19.1. The maximum Gasteiger partial charge on any atom is 0.243 e. The number of rotatable bonds is 12. The van der Waals surface area contributed by atoms with Crippen LogP contribution in [0.5, 0.6) is 0 Å². The number of Topliss-reactive ketones (excluding diaryl/α,β-unsaturated/α-hetero) is 1. The lowest BCUT2D eigenvalue weighted by Gasteiger charge is -2.23. The monoisotopic (exact) mass is 423 g/mol. The van der Waals surface area contributed by atoms with Crippen LogP contribution in [0.1, 0.15) is 73.6 Å². The highest BCUT2D eigenvalue weighted by molar-refractivity contribution is 6.03. The minimum atomic E-state index is -0.702. The minimum absolute atomic E-state index is 0.0849. The maximum absolute atomic E-state index is 12.3. The second-order valence-corrected chi connectivity index (χ2v) is 8.88. The highest BCUT2D eigenvalue weighted by Crippen LogP contribution is 2.26. The summed E-state index contributed by atoms with van der Waals surface area (Å²) in [6.07, 6.45) is 2.51. The summed E-state index contributed by atoms with van der Waals surface area (Å²) < 4.78 is 0. The second kappa shape index (κ2) is 11.8. The molecule has 0 bridgehead atoms. The summed E-state index contributed by atoms with van der Waals surface area (Å²) in [6, 6.07) is -1.30. The van der Waals surface area contributed by atoms with E-state index in [-0.39, 0.29) is 53.6 Å². The van der Waals surface area contributed by atoms with Crippen molar-refractivity contribution in [2.45, 2.75) is 85.7 Å². The van der Waals surface area contributed by atoms with Gasteiger partial charge in [-0.05, 0) is 38.5 Å². The van der Waals surface area contributed by atoms with E-state index in [9.17, 15) is 24.0 Å². The third-order valence-corrected chi connectivity index (χ3v) is 5.60. The Kier molecular flexibility index (Phi) is 10.2. The number of unbranched alkanes of at least 4 members (excludes halogenated alkanes) is 2. The lowest BCUT2D eigenvalue weighted by atomic mass is 9.94. The number of nitrogens with one attached hydrogen (secondary N) is 2. The van der Waals surface area contributed by atoms with E-state index in [1.807, 2.05) is 27.7 Å². The Morgan fingerprint density at radius 2 is 1.63 bits per heavy atom. The number of likely N-dealkylation sites (tertiary alicyclic amines) is 1. The fraction of sp³-hybridized carbons (Fsp3) is 0.773. The quantitative estimate of drug-likeness (QED) is 0.367. The Bertz CT molecular complexity index is 659. The van der Waals surface area contributed by atoms with Crippen LogP contribution in [0, 0.1) is 17.8 Å². The highest BCUT2D eigenvalue weighted by atomic mass is 16.2. The molecule has 0 spiro atoms. The van der Waals surface area contributed by atoms with Gasteiger partial charge in [0.1, 0.15) is 6.04 Å². The molecule has 1 heterocycles. The summed E-state index contributed by atoms with van der Waals surface area (Å²) in [6.45, 7) is 11.0. The molecule has 1 rings (SSSR count). The lowest BCUT2D eigenvalue weighted by Crippen LogP contribution is -2.52. The first-order valence-electron chi connectivity index (χ1n) is 10.9. The van der Waals surface area contributed by atoms with Gasteiger partial charge in [-0.2, -0.15) is 0 Å². The van der Waals surface area contributed by atoms with Crippen LogP contribution in [0.2, 0.25) is 0 Å². The Balaban J connectivity index is 2.38. The molecule has 1 fully saturated rings. The van der Waals surface area contributed by atoms with Crippen LogP contribution in [0.25, 0.3) is 0 Å². The van der Waals surface area contributed by atoms with Crippen molar-refractivity contribution in [2.24, 2.45) is 17.8 Å². The van der Waals surface area contributed by atoms with E-state index in [4.69, 9.17) is 0 Å². The molecule has 1 aliphatic rings. The Labute approximate surface area is 179 Å². The average Bonchev–Trinajstić information content (AvgIpc) is 2.93. The number of hydrogen-bond donors (Lipinski definition) is 2. The van der Waals surface area contributed by atoms with E-state index in [0.29, 0.717) is 32.2 Å². The van der Waals surface area contributed by atoms with Crippen molar-refractivity contribution in [1.29, 1.82) is 0 Å². The Morgan fingerprint density at radius 3 is 2.13 bits per heavy atom. The van der Waals surface area contributed by atoms with E-state index < -0.39 is 12.1 Å². The predicted molar refractivity (Wildman–Crippen MR) is 113 cm³/mol. The van der Waals surface area contributed by atoms with Crippen molar-refractivity contribution in [3.05, 3.63) is 0 Å². The number of hydrogen-bond acceptors (Lipinski definition) is 5. The molecule has 170 valence electrons. The number of ketones is 1. The average molecular weight is 424 g/mol. The van der Waals surface area contributed by atoms with Crippen molar-refractivity contribution in [3.8, 4) is 0 Å². The van der Waals surface area contributed by atoms with Crippen molar-refractivity contribution >= 4 is 29.4 Å². The molecule has 8 nitrogen and oxygen atoms in total. The molecule has 0 radical (unpaired) electrons. The maximum atomic E-state index is 12.3. The van der Waals surface area contributed by atoms with Gasteiger partial charge >= 0.3 is 0 Å². The lowest BCUT2D eigenvalue weighted by molar-refractivity contribution is -0.139. The topological polar surface area (TPSA) is 113 Å². The molecule has 1 aliphatic heterocycles. The fourth-order valence-corrected chi connectivity index (χ4v) is 3.38. The van der Waals surface area contributed by atoms with Gasteiger partial charge in [0.15, 0.2) is 5.78 Å². The summed E-state index contributed by atoms with van der Waals surface area (Å²) in [5.41, 5.74) is 0. The largest absolute Gasteiger partial charge is 0.345 e. The molecule has 0 aromatic carbocycles. The molecule has 0 aliphatic carbocycles. The third-order valence-electron chi connectivity index (χ3n) is 5.60. The SMILES string of the molecule is CC(=O)[C@H](C)NC(=O)[C@@H](NC(=O)CCCCCN1C(=O)CC(C(C)C)C1=O)C(C)C. The van der Waals surface area contributed by atoms with Gasteiger partial charge in [-0.15, -0.1) is 0 Å². The highest BCUT2D eigenvalue weighted by Gasteiger charge is 2.39. The molecule has 0 aromatic rings. The van der Waals surface area contributed by atoms with Crippen LogP contribution >= 0.6 is 0 Å². The Morgan fingerprint density at radius 1 is 1.00 bits per heavy atom. The van der Waals surface area contributed by atoms with E-state index in [0.717, 1.165) is 0 Å². The normalized spacial score (nSPS) is 18.7. The van der Waals surface area contributed by atoms with E-state index in [1.54, 1.807) is 6.92 Å². The molecular weight excluding hydrogens is 386 g/mol. The van der Waals surface area contributed by atoms with Gasteiger partial charge < -0.3 is 10.6 Å². The van der Waals surface area contributed by atoms with Gasteiger partial charge in [-0.1, -0.05) is 34.1 Å². The first-order chi connectivity index (χ1) is 14.0. The standard InChI is InChI=1S/C22H37N3O5/c1-13(2)17-12-19(28)25(22(17)30)11-9-7-8-10-18(27)24-20(14(3)4)21(29)23-15(5)16(6)26/h13-15,17,20H,7-12H2,1-6H3,(H,23,29)(H,24,27)/t15-,17?,20-/m0/s1. The summed E-state index contributed by atoms with van der Waals surface area (Å²) in [7, 11) is 0. The number of amides is 4. The van der Waals surface area contributed by atoms with Gasteiger partial charge in [0.05, 0.1) is 6.04 Å². The van der Waals surface area contributed by atoms with Gasteiger partial charge in [0, 0.05) is 25.3 Å². The van der Waals surface area contributed by atoms with Crippen molar-refractivity contribution in [3.63, 3.8) is 0 Å². The van der Waals surface area contributed by atoms with Crippen LogP contribution in [0.4, 0.5) is 0 Å². The number of carbonyl (C=O) groups is 5. The van der Waals surface area contributed by atoms with Crippen molar-refractivity contribution < 1.29 is 24.0 Å². The van der Waals surface area contributed by atoms with Gasteiger partial charge in [0.25, 0.3) is 0 Å². The van der Waals surface area contributed by atoms with Crippen LogP contribution in [-0.2, 0) is 24.0 Å². The van der Waals surface area contributed by atoms with E-state index in [1.165, 1.54) is 11.8 Å². The van der Waals surface area contributed by atoms with Crippen LogP contribution in [-0.4, -0.2) is 52.9 Å². The summed E-state index contributed by atoms with van der Waals surface area (Å²) in [5, 5.41) is 5.36. The minimum Gasteiger partial charge on any atom is -0.345 e. The first kappa shape index (κ1) is 25.8. The molecule has 0 aromatic heterocycles. The van der Waals surface area contributed by atoms with E-state index in [2.05, 4.69) is 10.6 Å². The fourth-order valence-electron chi connectivity index (χ4n) is 3.38. The first-order valence-corrected chi connectivity index (χ1v) is 10.9. The molecule has 1 unspecified atom stereocenters. The smallest absolute Gasteiger partial charge is 0.243 e. The predicted octanol–water partition coefficient (Wildman–Crippen LogP) is 1.81. The van der Waals surface area contributed by atoms with Crippen molar-refractivity contribution in [2.75, 3.05) is 6.54 Å². The van der Waals surface area contributed by atoms with Gasteiger partial charge in [-0.3, -0.25) is 28.9 Å². The van der Waals surface area contributed by atoms with E-state index >= 15 is 0 Å². The molecular formula is C22H37N3O5. The second-order valence-electron chi connectivity index (χ2n) is 8.88. The summed E-state index contributed by atoms with van der Waals surface area (Å²) >= 11 is 0. The Hall–Kier alpha value is -2.25. The van der Waals surface area contributed by atoms with Crippen LogP contribution < -0.4 is 10.6 Å². The third kappa shape index (κ3) is 7.54. The zero-order chi connectivity index (χ0) is 23.0. The van der Waals surface area contributed by atoms with Crippen LogP contribution in [0.15, 0.2) is 0 Å².